The van der Waals surface area contributed by atoms with Crippen LogP contribution in [-0.2, 0) is 11.3 Å². The van der Waals surface area contributed by atoms with Gasteiger partial charge >= 0.3 is 0 Å². The Bertz CT molecular complexity index is 451. The first-order valence-corrected chi connectivity index (χ1v) is 6.89. The van der Waals surface area contributed by atoms with E-state index in [9.17, 15) is 13.6 Å². The molecule has 3 nitrogen and oxygen atoms in total. The van der Waals surface area contributed by atoms with Crippen LogP contribution in [0, 0.1) is 17.6 Å². The minimum Gasteiger partial charge on any atom is -0.339 e. The molecule has 112 valence electrons. The van der Waals surface area contributed by atoms with E-state index in [-0.39, 0.29) is 5.91 Å². The van der Waals surface area contributed by atoms with Gasteiger partial charge < -0.3 is 10.6 Å². The first-order valence-electron chi connectivity index (χ1n) is 6.89. The van der Waals surface area contributed by atoms with Crippen molar-refractivity contribution in [2.45, 2.75) is 33.2 Å². The highest BCUT2D eigenvalue weighted by molar-refractivity contribution is 5.76. The molecule has 0 spiro atoms. The van der Waals surface area contributed by atoms with Crippen LogP contribution < -0.4 is 5.73 Å². The van der Waals surface area contributed by atoms with Crippen LogP contribution in [0.15, 0.2) is 18.2 Å². The second kappa shape index (κ2) is 7.94. The summed E-state index contributed by atoms with van der Waals surface area (Å²) in [6, 6.07) is 3.71. The van der Waals surface area contributed by atoms with E-state index in [2.05, 4.69) is 0 Å². The molecule has 0 saturated heterocycles. The van der Waals surface area contributed by atoms with Crippen molar-refractivity contribution in [3.8, 4) is 0 Å². The molecule has 0 radical (unpaired) electrons. The monoisotopic (exact) mass is 284 g/mol. The number of rotatable bonds is 7. The van der Waals surface area contributed by atoms with Crippen LogP contribution in [0.2, 0.25) is 0 Å². The molecule has 0 aliphatic rings. The van der Waals surface area contributed by atoms with Crippen molar-refractivity contribution in [1.29, 1.82) is 0 Å². The van der Waals surface area contributed by atoms with E-state index in [0.717, 1.165) is 18.6 Å². The molecule has 1 aromatic carbocycles. The fourth-order valence-electron chi connectivity index (χ4n) is 1.88. The van der Waals surface area contributed by atoms with E-state index in [0.29, 0.717) is 37.5 Å². The number of hydrogen-bond acceptors (Lipinski definition) is 2. The summed E-state index contributed by atoms with van der Waals surface area (Å²) in [6.45, 7) is 5.25. The zero-order chi connectivity index (χ0) is 15.1. The lowest BCUT2D eigenvalue weighted by Crippen LogP contribution is -2.30. The molecule has 1 aromatic rings. The molecule has 0 aliphatic heterocycles. The van der Waals surface area contributed by atoms with Crippen LogP contribution in [0.25, 0.3) is 0 Å². The number of amides is 1. The third-order valence-electron chi connectivity index (χ3n) is 3.35. The summed E-state index contributed by atoms with van der Waals surface area (Å²) in [6.07, 6.45) is 1.17. The van der Waals surface area contributed by atoms with Crippen molar-refractivity contribution in [3.05, 3.63) is 35.4 Å². The standard InChI is InChI=1S/C15H22F2N2O/c1-3-19(15(20)7-4-11(2)9-18)10-12-5-6-13(16)14(17)8-12/h5-6,8,11H,3-4,7,9-10,18H2,1-2H3. The lowest BCUT2D eigenvalue weighted by molar-refractivity contribution is -0.131. The smallest absolute Gasteiger partial charge is 0.222 e. The van der Waals surface area contributed by atoms with Gasteiger partial charge in [-0.2, -0.15) is 0 Å². The molecule has 0 aromatic heterocycles. The van der Waals surface area contributed by atoms with Gasteiger partial charge in [0.2, 0.25) is 5.91 Å². The molecule has 0 aliphatic carbocycles. The number of halogens is 2. The van der Waals surface area contributed by atoms with E-state index >= 15 is 0 Å². The van der Waals surface area contributed by atoms with E-state index in [1.54, 1.807) is 4.90 Å². The van der Waals surface area contributed by atoms with Crippen LogP contribution in [-0.4, -0.2) is 23.9 Å². The summed E-state index contributed by atoms with van der Waals surface area (Å²) >= 11 is 0. The van der Waals surface area contributed by atoms with E-state index in [1.807, 2.05) is 13.8 Å². The highest BCUT2D eigenvalue weighted by atomic mass is 19.2. The Labute approximate surface area is 118 Å². The van der Waals surface area contributed by atoms with Gasteiger partial charge in [-0.1, -0.05) is 13.0 Å². The summed E-state index contributed by atoms with van der Waals surface area (Å²) in [7, 11) is 0. The minimum atomic E-state index is -0.886. The fourth-order valence-corrected chi connectivity index (χ4v) is 1.88. The normalized spacial score (nSPS) is 12.2. The van der Waals surface area contributed by atoms with E-state index in [4.69, 9.17) is 5.73 Å². The van der Waals surface area contributed by atoms with Crippen molar-refractivity contribution in [2.24, 2.45) is 11.7 Å². The molecule has 0 fully saturated rings. The second-order valence-corrected chi connectivity index (χ2v) is 5.04. The topological polar surface area (TPSA) is 46.3 Å². The first kappa shape index (κ1) is 16.6. The number of carbonyl (C=O) groups is 1. The van der Waals surface area contributed by atoms with Gasteiger partial charge in [-0.05, 0) is 43.5 Å². The Morgan fingerprint density at radius 1 is 1.35 bits per heavy atom. The minimum absolute atomic E-state index is 0.0116. The summed E-state index contributed by atoms with van der Waals surface area (Å²) in [5.41, 5.74) is 6.11. The molecule has 1 amide bonds. The van der Waals surface area contributed by atoms with Crippen molar-refractivity contribution in [2.75, 3.05) is 13.1 Å². The van der Waals surface area contributed by atoms with Crippen LogP contribution >= 0.6 is 0 Å². The van der Waals surface area contributed by atoms with Crippen LogP contribution in [0.1, 0.15) is 32.3 Å². The number of nitrogens with zero attached hydrogens (tertiary/aromatic N) is 1. The largest absolute Gasteiger partial charge is 0.339 e. The molecular weight excluding hydrogens is 262 g/mol. The molecule has 5 heteroatoms. The molecule has 1 unspecified atom stereocenters. The van der Waals surface area contributed by atoms with Gasteiger partial charge in [-0.15, -0.1) is 0 Å². The lowest BCUT2D eigenvalue weighted by Gasteiger charge is -2.22. The third-order valence-corrected chi connectivity index (χ3v) is 3.35. The zero-order valence-electron chi connectivity index (χ0n) is 12.0. The van der Waals surface area contributed by atoms with Crippen molar-refractivity contribution in [1.82, 2.24) is 4.90 Å². The number of benzene rings is 1. The Balaban J connectivity index is 2.61. The third kappa shape index (κ3) is 4.89. The SMILES string of the molecule is CCN(Cc1ccc(F)c(F)c1)C(=O)CCC(C)CN. The van der Waals surface area contributed by atoms with Crippen LogP contribution in [0.4, 0.5) is 8.78 Å². The Kier molecular flexibility index (Phi) is 6.58. The maximum atomic E-state index is 13.1. The van der Waals surface area contributed by atoms with Crippen LogP contribution in [0.3, 0.4) is 0 Å². The Hall–Kier alpha value is -1.49. The van der Waals surface area contributed by atoms with Crippen molar-refractivity contribution in [3.63, 3.8) is 0 Å². The lowest BCUT2D eigenvalue weighted by atomic mass is 10.1. The molecule has 2 N–H and O–H groups in total. The molecule has 0 heterocycles. The molecule has 0 bridgehead atoms. The van der Waals surface area contributed by atoms with Gasteiger partial charge in [0.25, 0.3) is 0 Å². The second-order valence-electron chi connectivity index (χ2n) is 5.04. The fraction of sp³-hybridized carbons (Fsp3) is 0.533. The van der Waals surface area contributed by atoms with E-state index < -0.39 is 11.6 Å². The van der Waals surface area contributed by atoms with Gasteiger partial charge in [0, 0.05) is 19.5 Å². The molecule has 1 rings (SSSR count). The zero-order valence-corrected chi connectivity index (χ0v) is 12.0. The van der Waals surface area contributed by atoms with Gasteiger partial charge in [-0.3, -0.25) is 4.79 Å². The summed E-state index contributed by atoms with van der Waals surface area (Å²) in [4.78, 5) is 13.7. The summed E-state index contributed by atoms with van der Waals surface area (Å²) in [5.74, 6) is -1.44. The van der Waals surface area contributed by atoms with Gasteiger partial charge in [0.1, 0.15) is 0 Å². The van der Waals surface area contributed by atoms with E-state index in [1.165, 1.54) is 6.07 Å². The first-order chi connectivity index (χ1) is 9.47. The van der Waals surface area contributed by atoms with Crippen molar-refractivity contribution >= 4 is 5.91 Å². The predicted octanol–water partition coefficient (Wildman–Crippen LogP) is 2.69. The Morgan fingerprint density at radius 3 is 2.60 bits per heavy atom. The van der Waals surface area contributed by atoms with Crippen molar-refractivity contribution < 1.29 is 13.6 Å². The van der Waals surface area contributed by atoms with Gasteiger partial charge in [0.05, 0.1) is 0 Å². The van der Waals surface area contributed by atoms with Crippen LogP contribution in [0.5, 0.6) is 0 Å². The quantitative estimate of drug-likeness (QED) is 0.836. The molecule has 1 atom stereocenters. The van der Waals surface area contributed by atoms with Gasteiger partial charge in [0.15, 0.2) is 11.6 Å². The Morgan fingerprint density at radius 2 is 2.05 bits per heavy atom. The molecule has 20 heavy (non-hydrogen) atoms. The maximum Gasteiger partial charge on any atom is 0.222 e. The maximum absolute atomic E-state index is 13.1. The summed E-state index contributed by atoms with van der Waals surface area (Å²) in [5, 5.41) is 0. The number of carbonyl (C=O) groups excluding carboxylic acids is 1. The molecule has 0 saturated carbocycles. The number of nitrogens with two attached hydrogens (primary N) is 1. The number of hydrogen-bond donors (Lipinski definition) is 1. The highest BCUT2D eigenvalue weighted by Crippen LogP contribution is 2.13. The predicted molar refractivity (Wildman–Crippen MR) is 74.9 cm³/mol. The average Bonchev–Trinajstić information content (AvgIpc) is 2.45. The summed E-state index contributed by atoms with van der Waals surface area (Å²) < 4.78 is 26.0. The van der Waals surface area contributed by atoms with Gasteiger partial charge in [-0.25, -0.2) is 8.78 Å². The highest BCUT2D eigenvalue weighted by Gasteiger charge is 2.14. The molecular formula is C15H22F2N2O. The average molecular weight is 284 g/mol.